The van der Waals surface area contributed by atoms with Gasteiger partial charge in [0.25, 0.3) is 0 Å². The van der Waals surface area contributed by atoms with Gasteiger partial charge in [-0.05, 0) is 26.7 Å². The van der Waals surface area contributed by atoms with Crippen molar-refractivity contribution in [3.63, 3.8) is 0 Å². The van der Waals surface area contributed by atoms with Crippen LogP contribution < -0.4 is 5.73 Å². The fourth-order valence-corrected chi connectivity index (χ4v) is 2.96. The van der Waals surface area contributed by atoms with Crippen molar-refractivity contribution >= 4 is 0 Å². The zero-order valence-electron chi connectivity index (χ0n) is 12.3. The van der Waals surface area contributed by atoms with Crippen molar-refractivity contribution in [2.24, 2.45) is 5.73 Å². The predicted molar refractivity (Wildman–Crippen MR) is 75.8 cm³/mol. The second kappa shape index (κ2) is 5.97. The van der Waals surface area contributed by atoms with E-state index in [1.165, 1.54) is 25.7 Å². The van der Waals surface area contributed by atoms with Crippen LogP contribution in [-0.4, -0.2) is 17.1 Å². The van der Waals surface area contributed by atoms with Gasteiger partial charge in [-0.3, -0.25) is 0 Å². The van der Waals surface area contributed by atoms with Crippen molar-refractivity contribution in [3.8, 4) is 0 Å². The number of nitrogens with two attached hydrogens (primary N) is 1. The van der Waals surface area contributed by atoms with E-state index in [0.29, 0.717) is 0 Å². The highest BCUT2D eigenvalue weighted by Gasteiger charge is 2.35. The molecule has 4 nitrogen and oxygen atoms in total. The van der Waals surface area contributed by atoms with E-state index >= 15 is 0 Å². The molecule has 1 unspecified atom stereocenters. The van der Waals surface area contributed by atoms with Gasteiger partial charge in [-0.25, -0.2) is 9.97 Å². The van der Waals surface area contributed by atoms with E-state index in [4.69, 9.17) is 10.5 Å². The van der Waals surface area contributed by atoms with Crippen molar-refractivity contribution in [1.82, 2.24) is 9.97 Å². The molecule has 1 saturated carbocycles. The van der Waals surface area contributed by atoms with Crippen LogP contribution in [0.15, 0.2) is 6.20 Å². The van der Waals surface area contributed by atoms with Crippen LogP contribution in [0.5, 0.6) is 0 Å². The second-order valence-corrected chi connectivity index (χ2v) is 5.64. The maximum atomic E-state index is 5.92. The largest absolute Gasteiger partial charge is 0.370 e. The Labute approximate surface area is 115 Å². The van der Waals surface area contributed by atoms with Gasteiger partial charge in [0.15, 0.2) is 5.82 Å². The first-order valence-electron chi connectivity index (χ1n) is 7.24. The van der Waals surface area contributed by atoms with Crippen molar-refractivity contribution in [3.05, 3.63) is 23.3 Å². The van der Waals surface area contributed by atoms with Crippen LogP contribution in [-0.2, 0) is 10.3 Å². The fraction of sp³-hybridized carbons (Fsp3) is 0.733. The average molecular weight is 263 g/mol. The Morgan fingerprint density at radius 1 is 1.26 bits per heavy atom. The maximum absolute atomic E-state index is 5.92. The van der Waals surface area contributed by atoms with Gasteiger partial charge in [0.05, 0.1) is 0 Å². The quantitative estimate of drug-likeness (QED) is 0.852. The normalized spacial score (nSPS) is 20.8. The van der Waals surface area contributed by atoms with Crippen LogP contribution in [0, 0.1) is 6.92 Å². The van der Waals surface area contributed by atoms with Gasteiger partial charge in [0, 0.05) is 30.6 Å². The van der Waals surface area contributed by atoms with Crippen LogP contribution in [0.3, 0.4) is 0 Å². The SMILES string of the molecule is COC1(c2ncc(C(C)N)c(C)n2)CCCCCC1. The minimum Gasteiger partial charge on any atom is -0.370 e. The number of methoxy groups -OCH3 is 1. The van der Waals surface area contributed by atoms with E-state index < -0.39 is 0 Å². The molecule has 1 aliphatic carbocycles. The topological polar surface area (TPSA) is 61.0 Å². The lowest BCUT2D eigenvalue weighted by molar-refractivity contribution is -0.0353. The lowest BCUT2D eigenvalue weighted by Gasteiger charge is -2.30. The molecule has 0 radical (unpaired) electrons. The van der Waals surface area contributed by atoms with E-state index in [0.717, 1.165) is 29.9 Å². The zero-order valence-corrected chi connectivity index (χ0v) is 12.3. The van der Waals surface area contributed by atoms with Gasteiger partial charge >= 0.3 is 0 Å². The van der Waals surface area contributed by atoms with Crippen LogP contribution >= 0.6 is 0 Å². The van der Waals surface area contributed by atoms with Gasteiger partial charge in [0.1, 0.15) is 5.60 Å². The van der Waals surface area contributed by atoms with E-state index in [1.54, 1.807) is 7.11 Å². The van der Waals surface area contributed by atoms with Crippen molar-refractivity contribution in [2.75, 3.05) is 7.11 Å². The molecule has 1 aromatic heterocycles. The van der Waals surface area contributed by atoms with Gasteiger partial charge in [-0.2, -0.15) is 0 Å². The summed E-state index contributed by atoms with van der Waals surface area (Å²) >= 11 is 0. The molecular weight excluding hydrogens is 238 g/mol. The first-order valence-corrected chi connectivity index (χ1v) is 7.24. The highest BCUT2D eigenvalue weighted by molar-refractivity contribution is 5.21. The Morgan fingerprint density at radius 2 is 1.89 bits per heavy atom. The number of hydrogen-bond donors (Lipinski definition) is 1. The summed E-state index contributed by atoms with van der Waals surface area (Å²) in [5, 5.41) is 0. The minimum absolute atomic E-state index is 0.0262. The number of hydrogen-bond acceptors (Lipinski definition) is 4. The van der Waals surface area contributed by atoms with Gasteiger partial charge in [0.2, 0.25) is 0 Å². The molecule has 1 heterocycles. The number of rotatable bonds is 3. The summed E-state index contributed by atoms with van der Waals surface area (Å²) in [5.41, 5.74) is 7.62. The van der Waals surface area contributed by atoms with E-state index in [1.807, 2.05) is 20.0 Å². The molecule has 1 atom stereocenters. The van der Waals surface area contributed by atoms with Crippen LogP contribution in [0.2, 0.25) is 0 Å². The Morgan fingerprint density at radius 3 is 2.37 bits per heavy atom. The molecule has 1 aliphatic rings. The van der Waals surface area contributed by atoms with Crippen LogP contribution in [0.4, 0.5) is 0 Å². The summed E-state index contributed by atoms with van der Waals surface area (Å²) < 4.78 is 5.84. The highest BCUT2D eigenvalue weighted by Crippen LogP contribution is 2.37. The summed E-state index contributed by atoms with van der Waals surface area (Å²) in [7, 11) is 1.78. The smallest absolute Gasteiger partial charge is 0.160 e. The molecular formula is C15H25N3O. The Balaban J connectivity index is 2.35. The number of nitrogens with zero attached hydrogens (tertiary/aromatic N) is 2. The average Bonchev–Trinajstić information content (AvgIpc) is 2.64. The van der Waals surface area contributed by atoms with E-state index in [9.17, 15) is 0 Å². The molecule has 2 N–H and O–H groups in total. The van der Waals surface area contributed by atoms with Gasteiger partial charge in [-0.15, -0.1) is 0 Å². The third-order valence-electron chi connectivity index (χ3n) is 4.22. The summed E-state index contributed by atoms with van der Waals surface area (Å²) in [5.74, 6) is 0.832. The maximum Gasteiger partial charge on any atom is 0.160 e. The summed E-state index contributed by atoms with van der Waals surface area (Å²) in [6.07, 6.45) is 8.83. The van der Waals surface area contributed by atoms with Crippen molar-refractivity contribution in [2.45, 2.75) is 64.0 Å². The first-order chi connectivity index (χ1) is 9.09. The van der Waals surface area contributed by atoms with Crippen LogP contribution in [0.25, 0.3) is 0 Å². The van der Waals surface area contributed by atoms with Gasteiger partial charge in [-0.1, -0.05) is 25.7 Å². The van der Waals surface area contributed by atoms with Crippen molar-refractivity contribution < 1.29 is 4.74 Å². The molecule has 0 aromatic carbocycles. The van der Waals surface area contributed by atoms with E-state index in [-0.39, 0.29) is 11.6 Å². The van der Waals surface area contributed by atoms with Gasteiger partial charge < -0.3 is 10.5 Å². The Bertz CT molecular complexity index is 423. The molecule has 4 heteroatoms. The number of ether oxygens (including phenoxy) is 1. The summed E-state index contributed by atoms with van der Waals surface area (Å²) in [4.78, 5) is 9.24. The van der Waals surface area contributed by atoms with Crippen LogP contribution in [0.1, 0.15) is 68.6 Å². The zero-order chi connectivity index (χ0) is 13.9. The lowest BCUT2D eigenvalue weighted by atomic mass is 9.92. The number of aryl methyl sites for hydroxylation is 1. The monoisotopic (exact) mass is 263 g/mol. The first kappa shape index (κ1) is 14.4. The summed E-state index contributed by atoms with van der Waals surface area (Å²) in [6.45, 7) is 3.97. The minimum atomic E-state index is -0.294. The standard InChI is InChI=1S/C15H25N3O/c1-11(16)13-10-17-14(18-12(13)2)15(19-3)8-6-4-5-7-9-15/h10-11H,4-9,16H2,1-3H3. The molecule has 1 aromatic rings. The molecule has 2 rings (SSSR count). The molecule has 0 amide bonds. The predicted octanol–water partition coefficient (Wildman–Crippen LogP) is 3.00. The van der Waals surface area contributed by atoms with E-state index in [2.05, 4.69) is 9.97 Å². The summed E-state index contributed by atoms with van der Waals surface area (Å²) in [6, 6.07) is -0.0262. The third kappa shape index (κ3) is 2.95. The third-order valence-corrected chi connectivity index (χ3v) is 4.22. The molecule has 0 bridgehead atoms. The highest BCUT2D eigenvalue weighted by atomic mass is 16.5. The Hall–Kier alpha value is -1.00. The second-order valence-electron chi connectivity index (χ2n) is 5.64. The van der Waals surface area contributed by atoms with Crippen molar-refractivity contribution in [1.29, 1.82) is 0 Å². The molecule has 0 spiro atoms. The molecule has 0 saturated heterocycles. The molecule has 19 heavy (non-hydrogen) atoms. The fourth-order valence-electron chi connectivity index (χ4n) is 2.96. The lowest BCUT2D eigenvalue weighted by Crippen LogP contribution is -2.31. The molecule has 106 valence electrons. The molecule has 1 fully saturated rings. The Kier molecular flexibility index (Phi) is 4.53. The number of aromatic nitrogens is 2. The molecule has 0 aliphatic heterocycles.